The van der Waals surface area contributed by atoms with E-state index in [1.807, 2.05) is 12.1 Å². The number of nitrogens with zero attached hydrogens (tertiary/aromatic N) is 1. The SMILES string of the molecule is CCCc1ccc(C(=O)COC(=O)c2ccc(N3CCCC3=O)cc2)cc1. The Balaban J connectivity index is 1.55. The van der Waals surface area contributed by atoms with Gasteiger partial charge in [0.15, 0.2) is 12.4 Å². The largest absolute Gasteiger partial charge is 0.454 e. The number of carbonyl (C=O) groups is 3. The van der Waals surface area contributed by atoms with Crippen LogP contribution in [-0.2, 0) is 16.0 Å². The molecule has 1 aliphatic rings. The van der Waals surface area contributed by atoms with Crippen LogP contribution in [0.3, 0.4) is 0 Å². The van der Waals surface area contributed by atoms with Gasteiger partial charge >= 0.3 is 5.97 Å². The van der Waals surface area contributed by atoms with Crippen molar-refractivity contribution in [3.05, 3.63) is 65.2 Å². The summed E-state index contributed by atoms with van der Waals surface area (Å²) in [4.78, 5) is 37.8. The number of hydrogen-bond donors (Lipinski definition) is 0. The fourth-order valence-electron chi connectivity index (χ4n) is 3.14. The summed E-state index contributed by atoms with van der Waals surface area (Å²) in [5.74, 6) is -0.684. The first-order valence-corrected chi connectivity index (χ1v) is 9.28. The van der Waals surface area contributed by atoms with Gasteiger partial charge in [0.1, 0.15) is 0 Å². The molecule has 2 aromatic carbocycles. The van der Waals surface area contributed by atoms with E-state index in [0.717, 1.165) is 24.9 Å². The molecule has 0 saturated carbocycles. The van der Waals surface area contributed by atoms with Gasteiger partial charge in [-0.25, -0.2) is 4.79 Å². The number of rotatable bonds is 7. The van der Waals surface area contributed by atoms with E-state index in [9.17, 15) is 14.4 Å². The molecular weight excluding hydrogens is 342 g/mol. The molecule has 0 aromatic heterocycles. The van der Waals surface area contributed by atoms with Crippen LogP contribution in [0.1, 0.15) is 52.5 Å². The van der Waals surface area contributed by atoms with Crippen molar-refractivity contribution >= 4 is 23.3 Å². The topological polar surface area (TPSA) is 63.7 Å². The molecule has 3 rings (SSSR count). The number of hydrogen-bond acceptors (Lipinski definition) is 4. The van der Waals surface area contributed by atoms with Crippen molar-refractivity contribution in [2.75, 3.05) is 18.1 Å². The Bertz CT molecular complexity index is 824. The predicted octanol–water partition coefficient (Wildman–Crippen LogP) is 3.81. The van der Waals surface area contributed by atoms with Crippen molar-refractivity contribution in [2.24, 2.45) is 0 Å². The van der Waals surface area contributed by atoms with Crippen molar-refractivity contribution in [2.45, 2.75) is 32.6 Å². The van der Waals surface area contributed by atoms with E-state index in [1.165, 1.54) is 5.56 Å². The van der Waals surface area contributed by atoms with Gasteiger partial charge in [-0.15, -0.1) is 0 Å². The maximum absolute atomic E-state index is 12.2. The van der Waals surface area contributed by atoms with Gasteiger partial charge in [0.05, 0.1) is 5.56 Å². The molecule has 140 valence electrons. The summed E-state index contributed by atoms with van der Waals surface area (Å²) in [5, 5.41) is 0. The number of esters is 1. The number of carbonyl (C=O) groups excluding carboxylic acids is 3. The highest BCUT2D eigenvalue weighted by molar-refractivity contribution is 6.00. The number of ether oxygens (including phenoxy) is 1. The van der Waals surface area contributed by atoms with E-state index in [0.29, 0.717) is 24.1 Å². The van der Waals surface area contributed by atoms with Crippen LogP contribution in [0, 0.1) is 0 Å². The van der Waals surface area contributed by atoms with Gasteiger partial charge in [-0.2, -0.15) is 0 Å². The van der Waals surface area contributed by atoms with Gasteiger partial charge in [0, 0.05) is 24.2 Å². The van der Waals surface area contributed by atoms with E-state index in [-0.39, 0.29) is 18.3 Å². The fourth-order valence-corrected chi connectivity index (χ4v) is 3.14. The lowest BCUT2D eigenvalue weighted by Crippen LogP contribution is -2.23. The Morgan fingerprint density at radius 1 is 1.00 bits per heavy atom. The van der Waals surface area contributed by atoms with E-state index in [4.69, 9.17) is 4.74 Å². The van der Waals surface area contributed by atoms with E-state index in [2.05, 4.69) is 6.92 Å². The summed E-state index contributed by atoms with van der Waals surface area (Å²) in [6.45, 7) is 2.51. The minimum absolute atomic E-state index is 0.0980. The smallest absolute Gasteiger partial charge is 0.338 e. The molecule has 5 heteroatoms. The highest BCUT2D eigenvalue weighted by Crippen LogP contribution is 2.21. The quantitative estimate of drug-likeness (QED) is 0.553. The number of Topliss-reactive ketones (excluding diaryl/α,β-unsaturated/α-hetero) is 1. The summed E-state index contributed by atoms with van der Waals surface area (Å²) in [6, 6.07) is 14.1. The molecule has 0 spiro atoms. The number of anilines is 1. The Hall–Kier alpha value is -2.95. The van der Waals surface area contributed by atoms with E-state index in [1.54, 1.807) is 41.3 Å². The second kappa shape index (κ2) is 8.62. The molecule has 27 heavy (non-hydrogen) atoms. The minimum Gasteiger partial charge on any atom is -0.454 e. The molecule has 1 saturated heterocycles. The van der Waals surface area contributed by atoms with Gasteiger partial charge in [-0.3, -0.25) is 9.59 Å². The number of amides is 1. The van der Waals surface area contributed by atoms with Crippen molar-refractivity contribution in [3.63, 3.8) is 0 Å². The first kappa shape index (κ1) is 18.8. The van der Waals surface area contributed by atoms with Crippen LogP contribution >= 0.6 is 0 Å². The van der Waals surface area contributed by atoms with Gasteiger partial charge in [-0.1, -0.05) is 37.6 Å². The summed E-state index contributed by atoms with van der Waals surface area (Å²) < 4.78 is 5.14. The third kappa shape index (κ3) is 4.61. The molecule has 1 fully saturated rings. The highest BCUT2D eigenvalue weighted by Gasteiger charge is 2.22. The van der Waals surface area contributed by atoms with Gasteiger partial charge in [-0.05, 0) is 42.7 Å². The molecule has 2 aromatic rings. The van der Waals surface area contributed by atoms with Gasteiger partial charge in [0.2, 0.25) is 5.91 Å². The number of aryl methyl sites for hydroxylation is 1. The van der Waals surface area contributed by atoms with Crippen molar-refractivity contribution in [1.82, 2.24) is 0 Å². The van der Waals surface area contributed by atoms with E-state index >= 15 is 0 Å². The molecule has 1 aliphatic heterocycles. The molecule has 0 bridgehead atoms. The molecule has 0 aliphatic carbocycles. The third-order valence-electron chi connectivity index (χ3n) is 4.64. The predicted molar refractivity (Wildman–Crippen MR) is 103 cm³/mol. The van der Waals surface area contributed by atoms with Crippen LogP contribution in [0.2, 0.25) is 0 Å². The Morgan fingerprint density at radius 3 is 2.26 bits per heavy atom. The average molecular weight is 365 g/mol. The van der Waals surface area contributed by atoms with Gasteiger partial charge in [0.25, 0.3) is 0 Å². The lowest BCUT2D eigenvalue weighted by atomic mass is 10.1. The Kier molecular flexibility index (Phi) is 6.01. The molecular formula is C22H23NO4. The number of benzene rings is 2. The normalized spacial score (nSPS) is 13.7. The molecule has 0 radical (unpaired) electrons. The van der Waals surface area contributed by atoms with Crippen LogP contribution in [0.25, 0.3) is 0 Å². The van der Waals surface area contributed by atoms with E-state index < -0.39 is 5.97 Å². The zero-order valence-corrected chi connectivity index (χ0v) is 15.4. The van der Waals surface area contributed by atoms with Crippen LogP contribution in [0.5, 0.6) is 0 Å². The fraction of sp³-hybridized carbons (Fsp3) is 0.318. The zero-order chi connectivity index (χ0) is 19.2. The Morgan fingerprint density at radius 2 is 1.67 bits per heavy atom. The summed E-state index contributed by atoms with van der Waals surface area (Å²) in [6.07, 6.45) is 3.44. The van der Waals surface area contributed by atoms with Crippen LogP contribution in [0.4, 0.5) is 5.69 Å². The summed E-state index contributed by atoms with van der Waals surface area (Å²) in [5.41, 5.74) is 2.85. The van der Waals surface area contributed by atoms with Crippen molar-refractivity contribution in [3.8, 4) is 0 Å². The van der Waals surface area contributed by atoms with Crippen molar-refractivity contribution < 1.29 is 19.1 Å². The maximum atomic E-state index is 12.2. The average Bonchev–Trinajstić information content (AvgIpc) is 3.12. The second-order valence-corrected chi connectivity index (χ2v) is 6.64. The zero-order valence-electron chi connectivity index (χ0n) is 15.4. The lowest BCUT2D eigenvalue weighted by molar-refractivity contribution is -0.117. The summed E-state index contributed by atoms with van der Waals surface area (Å²) in [7, 11) is 0. The molecule has 1 amide bonds. The van der Waals surface area contributed by atoms with Crippen molar-refractivity contribution in [1.29, 1.82) is 0 Å². The first-order chi connectivity index (χ1) is 13.1. The second-order valence-electron chi connectivity index (χ2n) is 6.64. The minimum atomic E-state index is -0.551. The van der Waals surface area contributed by atoms with Crippen LogP contribution in [-0.4, -0.2) is 30.8 Å². The van der Waals surface area contributed by atoms with Crippen LogP contribution < -0.4 is 4.90 Å². The Labute approximate surface area is 158 Å². The molecule has 0 unspecified atom stereocenters. The number of ketones is 1. The van der Waals surface area contributed by atoms with Crippen LogP contribution in [0.15, 0.2) is 48.5 Å². The molecule has 1 heterocycles. The molecule has 0 N–H and O–H groups in total. The van der Waals surface area contributed by atoms with Gasteiger partial charge < -0.3 is 9.64 Å². The third-order valence-corrected chi connectivity index (χ3v) is 4.64. The maximum Gasteiger partial charge on any atom is 0.338 e. The standard InChI is InChI=1S/C22H23NO4/c1-2-4-16-6-8-17(9-7-16)20(24)15-27-22(26)18-10-12-19(13-11-18)23-14-3-5-21(23)25/h6-13H,2-5,14-15H2,1H3. The molecule has 0 atom stereocenters. The monoisotopic (exact) mass is 365 g/mol. The highest BCUT2D eigenvalue weighted by atomic mass is 16.5. The lowest BCUT2D eigenvalue weighted by Gasteiger charge is -2.15. The molecule has 5 nitrogen and oxygen atoms in total. The summed E-state index contributed by atoms with van der Waals surface area (Å²) >= 11 is 0. The first-order valence-electron chi connectivity index (χ1n) is 9.28.